The summed E-state index contributed by atoms with van der Waals surface area (Å²) in [6.45, 7) is 7.45. The van der Waals surface area contributed by atoms with Crippen LogP contribution >= 0.6 is 0 Å². The molecular weight excluding hydrogens is 124 g/mol. The van der Waals surface area contributed by atoms with Crippen LogP contribution in [0, 0.1) is 0 Å². The Balaban J connectivity index is 2.68. The molecule has 0 saturated carbocycles. The first kappa shape index (κ1) is 6.81. The van der Waals surface area contributed by atoms with Crippen molar-refractivity contribution in [3.05, 3.63) is 38.0 Å². The van der Waals surface area contributed by atoms with Crippen molar-refractivity contribution in [3.63, 3.8) is 0 Å². The molecule has 0 bridgehead atoms. The number of aromatic nitrogens is 2. The first-order chi connectivity index (χ1) is 4.84. The summed E-state index contributed by atoms with van der Waals surface area (Å²) in [6.07, 6.45) is 7.95. The molecule has 0 saturated heterocycles. The van der Waals surface area contributed by atoms with E-state index in [1.807, 2.05) is 16.8 Å². The normalized spacial score (nSPS) is 9.20. The zero-order chi connectivity index (χ0) is 7.40. The lowest BCUT2D eigenvalue weighted by Crippen LogP contribution is -1.89. The summed E-state index contributed by atoms with van der Waals surface area (Å²) < 4.78 is 1.88. The maximum atomic E-state index is 3.89. The number of hydrogen-bond acceptors (Lipinski definition) is 1. The van der Waals surface area contributed by atoms with Crippen molar-refractivity contribution in [2.75, 3.05) is 0 Å². The third-order valence-corrected chi connectivity index (χ3v) is 1.25. The molecule has 1 heterocycles. The molecule has 0 radical (unpaired) electrons. The predicted octanol–water partition coefficient (Wildman–Crippen LogP) is 1.93. The van der Waals surface area contributed by atoms with Gasteiger partial charge in [-0.1, -0.05) is 12.7 Å². The van der Waals surface area contributed by atoms with Gasteiger partial charge in [0.15, 0.2) is 0 Å². The first-order valence-electron chi connectivity index (χ1n) is 3.11. The Morgan fingerprint density at radius 1 is 1.70 bits per heavy atom. The lowest BCUT2D eigenvalue weighted by Gasteiger charge is -2.00. The van der Waals surface area contributed by atoms with Crippen molar-refractivity contribution < 1.29 is 0 Å². The molecule has 0 atom stereocenters. The standard InChI is InChI=1S/C8H10N2/c1-3-4-8(2)10-6-5-9-7-10/h3,5-7H,1-2,4H2. The number of rotatable bonds is 3. The minimum atomic E-state index is 0.802. The van der Waals surface area contributed by atoms with Crippen molar-refractivity contribution in [2.24, 2.45) is 0 Å². The molecule has 2 heteroatoms. The van der Waals surface area contributed by atoms with E-state index in [2.05, 4.69) is 18.1 Å². The van der Waals surface area contributed by atoms with E-state index in [9.17, 15) is 0 Å². The van der Waals surface area contributed by atoms with Gasteiger partial charge in [-0.15, -0.1) is 6.58 Å². The van der Waals surface area contributed by atoms with Crippen LogP contribution in [-0.4, -0.2) is 9.55 Å². The third kappa shape index (κ3) is 1.35. The van der Waals surface area contributed by atoms with Gasteiger partial charge in [-0.2, -0.15) is 0 Å². The van der Waals surface area contributed by atoms with Crippen LogP contribution in [0.2, 0.25) is 0 Å². The second kappa shape index (κ2) is 3.01. The summed E-state index contributed by atoms with van der Waals surface area (Å²) in [5, 5.41) is 0. The maximum Gasteiger partial charge on any atom is 0.0989 e. The van der Waals surface area contributed by atoms with Crippen molar-refractivity contribution >= 4 is 5.70 Å². The van der Waals surface area contributed by atoms with E-state index >= 15 is 0 Å². The monoisotopic (exact) mass is 134 g/mol. The number of imidazole rings is 1. The van der Waals surface area contributed by atoms with Crippen LogP contribution in [0.25, 0.3) is 5.70 Å². The molecule has 0 aliphatic heterocycles. The molecule has 1 aromatic heterocycles. The Labute approximate surface area is 60.5 Å². The van der Waals surface area contributed by atoms with E-state index in [0.717, 1.165) is 12.1 Å². The average Bonchev–Trinajstić information content (AvgIpc) is 2.38. The highest BCUT2D eigenvalue weighted by Crippen LogP contribution is 2.04. The highest BCUT2D eigenvalue weighted by Gasteiger charge is 1.90. The van der Waals surface area contributed by atoms with Crippen LogP contribution in [0.15, 0.2) is 38.0 Å². The second-order valence-corrected chi connectivity index (χ2v) is 2.03. The van der Waals surface area contributed by atoms with Gasteiger partial charge in [0.2, 0.25) is 0 Å². The predicted molar refractivity (Wildman–Crippen MR) is 42.4 cm³/mol. The molecule has 0 spiro atoms. The lowest BCUT2D eigenvalue weighted by atomic mass is 10.3. The molecule has 52 valence electrons. The molecule has 0 amide bonds. The van der Waals surface area contributed by atoms with E-state index in [1.54, 1.807) is 12.5 Å². The largest absolute Gasteiger partial charge is 0.310 e. The molecule has 0 aromatic carbocycles. The summed E-state index contributed by atoms with van der Waals surface area (Å²) in [4.78, 5) is 3.89. The summed E-state index contributed by atoms with van der Waals surface area (Å²) in [5.41, 5.74) is 0.993. The molecule has 0 aliphatic rings. The average molecular weight is 134 g/mol. The molecule has 0 N–H and O–H groups in total. The Morgan fingerprint density at radius 3 is 3.00 bits per heavy atom. The smallest absolute Gasteiger partial charge is 0.0989 e. The van der Waals surface area contributed by atoms with Crippen molar-refractivity contribution in [1.29, 1.82) is 0 Å². The Morgan fingerprint density at radius 2 is 2.50 bits per heavy atom. The fourth-order valence-corrected chi connectivity index (χ4v) is 0.718. The highest BCUT2D eigenvalue weighted by atomic mass is 15.0. The number of hydrogen-bond donors (Lipinski definition) is 0. The number of allylic oxidation sites excluding steroid dienone is 2. The summed E-state index contributed by atoms with van der Waals surface area (Å²) in [6, 6.07) is 0. The summed E-state index contributed by atoms with van der Waals surface area (Å²) in [7, 11) is 0. The van der Waals surface area contributed by atoms with Crippen molar-refractivity contribution in [3.8, 4) is 0 Å². The van der Waals surface area contributed by atoms with Gasteiger partial charge in [-0.05, 0) is 0 Å². The van der Waals surface area contributed by atoms with E-state index in [-0.39, 0.29) is 0 Å². The van der Waals surface area contributed by atoms with Crippen molar-refractivity contribution in [2.45, 2.75) is 6.42 Å². The fourth-order valence-electron chi connectivity index (χ4n) is 0.718. The Bertz CT molecular complexity index is 221. The van der Waals surface area contributed by atoms with Gasteiger partial charge < -0.3 is 4.57 Å². The van der Waals surface area contributed by atoms with Gasteiger partial charge >= 0.3 is 0 Å². The highest BCUT2D eigenvalue weighted by molar-refractivity contribution is 5.42. The van der Waals surface area contributed by atoms with Gasteiger partial charge in [0, 0.05) is 24.5 Å². The van der Waals surface area contributed by atoms with Gasteiger partial charge in [0.1, 0.15) is 0 Å². The minimum Gasteiger partial charge on any atom is -0.310 e. The molecule has 2 nitrogen and oxygen atoms in total. The molecule has 0 aliphatic carbocycles. The van der Waals surface area contributed by atoms with E-state index in [4.69, 9.17) is 0 Å². The molecule has 1 rings (SSSR count). The van der Waals surface area contributed by atoms with Crippen LogP contribution in [0.5, 0.6) is 0 Å². The SMILES string of the molecule is C=CCC(=C)n1ccnc1. The molecule has 1 aromatic rings. The molecular formula is C8H10N2. The first-order valence-corrected chi connectivity index (χ1v) is 3.11. The van der Waals surface area contributed by atoms with Crippen LogP contribution < -0.4 is 0 Å². The molecule has 10 heavy (non-hydrogen) atoms. The van der Waals surface area contributed by atoms with Gasteiger partial charge in [-0.3, -0.25) is 0 Å². The summed E-state index contributed by atoms with van der Waals surface area (Å²) in [5.74, 6) is 0. The van der Waals surface area contributed by atoms with Gasteiger partial charge in [0.25, 0.3) is 0 Å². The molecule has 0 fully saturated rings. The van der Waals surface area contributed by atoms with E-state index in [0.29, 0.717) is 0 Å². The third-order valence-electron chi connectivity index (χ3n) is 1.25. The minimum absolute atomic E-state index is 0.802. The van der Waals surface area contributed by atoms with Crippen molar-refractivity contribution in [1.82, 2.24) is 9.55 Å². The quantitative estimate of drug-likeness (QED) is 0.577. The van der Waals surface area contributed by atoms with E-state index < -0.39 is 0 Å². The fraction of sp³-hybridized carbons (Fsp3) is 0.125. The van der Waals surface area contributed by atoms with E-state index in [1.165, 1.54) is 0 Å². The number of nitrogens with zero attached hydrogens (tertiary/aromatic N) is 2. The molecule has 0 unspecified atom stereocenters. The van der Waals surface area contributed by atoms with Gasteiger partial charge in [-0.25, -0.2) is 4.98 Å². The van der Waals surface area contributed by atoms with Crippen LogP contribution in [-0.2, 0) is 0 Å². The Kier molecular flexibility index (Phi) is 2.05. The topological polar surface area (TPSA) is 17.8 Å². The van der Waals surface area contributed by atoms with Crippen LogP contribution in [0.1, 0.15) is 6.42 Å². The van der Waals surface area contributed by atoms with Gasteiger partial charge in [0.05, 0.1) is 6.33 Å². The maximum absolute atomic E-state index is 3.89. The summed E-state index contributed by atoms with van der Waals surface area (Å²) >= 11 is 0. The van der Waals surface area contributed by atoms with Crippen LogP contribution in [0.3, 0.4) is 0 Å². The zero-order valence-corrected chi connectivity index (χ0v) is 5.83. The zero-order valence-electron chi connectivity index (χ0n) is 5.83. The lowest BCUT2D eigenvalue weighted by molar-refractivity contribution is 1.05. The van der Waals surface area contributed by atoms with Crippen LogP contribution in [0.4, 0.5) is 0 Å². The second-order valence-electron chi connectivity index (χ2n) is 2.03. The Hall–Kier alpha value is -1.31.